The smallest absolute Gasteiger partial charge is 0.317 e. The fourth-order valence-corrected chi connectivity index (χ4v) is 2.80. The highest BCUT2D eigenvalue weighted by Crippen LogP contribution is 2.23. The van der Waals surface area contributed by atoms with Gasteiger partial charge in [-0.05, 0) is 26.2 Å². The largest absolute Gasteiger partial charge is 0.338 e. The van der Waals surface area contributed by atoms with E-state index in [4.69, 9.17) is 0 Å². The van der Waals surface area contributed by atoms with E-state index >= 15 is 0 Å². The van der Waals surface area contributed by atoms with Crippen molar-refractivity contribution >= 4 is 6.03 Å². The highest BCUT2D eigenvalue weighted by Gasteiger charge is 2.24. The summed E-state index contributed by atoms with van der Waals surface area (Å²) in [5.41, 5.74) is 0. The molecule has 0 radical (unpaired) electrons. The second-order valence-corrected chi connectivity index (χ2v) is 5.38. The minimum atomic E-state index is 0.154. The van der Waals surface area contributed by atoms with Crippen molar-refractivity contribution in [3.63, 3.8) is 0 Å². The third kappa shape index (κ3) is 5.28. The number of nitrogens with one attached hydrogen (secondary N) is 1. The predicted molar refractivity (Wildman–Crippen MR) is 76.8 cm³/mol. The fraction of sp³-hybridized carbons (Fsp3) is 0.933. The van der Waals surface area contributed by atoms with Crippen molar-refractivity contribution in [3.8, 4) is 0 Å². The second kappa shape index (κ2) is 9.23. The Morgan fingerprint density at radius 2 is 1.83 bits per heavy atom. The predicted octanol–water partition coefficient (Wildman–Crippen LogP) is 3.93. The molecule has 1 saturated carbocycles. The average Bonchev–Trinajstić information content (AvgIpc) is 2.40. The van der Waals surface area contributed by atoms with Crippen LogP contribution in [-0.4, -0.2) is 30.1 Å². The number of hydrogen-bond acceptors (Lipinski definition) is 1. The van der Waals surface area contributed by atoms with Gasteiger partial charge in [-0.15, -0.1) is 0 Å². The Kier molecular flexibility index (Phi) is 7.86. The SMILES string of the molecule is CCCCCCN(C(=O)NCC)C1CCCCC1. The Bertz CT molecular complexity index is 225. The van der Waals surface area contributed by atoms with Crippen molar-refractivity contribution in [2.24, 2.45) is 0 Å². The molecule has 1 aliphatic carbocycles. The van der Waals surface area contributed by atoms with Crippen LogP contribution in [0.5, 0.6) is 0 Å². The van der Waals surface area contributed by atoms with Crippen molar-refractivity contribution in [3.05, 3.63) is 0 Å². The molecule has 0 unspecified atom stereocenters. The molecule has 2 amide bonds. The average molecular weight is 254 g/mol. The van der Waals surface area contributed by atoms with Crippen LogP contribution in [0.3, 0.4) is 0 Å². The van der Waals surface area contributed by atoms with Crippen LogP contribution < -0.4 is 5.32 Å². The third-order valence-electron chi connectivity index (χ3n) is 3.86. The standard InChI is InChI=1S/C15H30N2O/c1-3-5-6-10-13-17(15(18)16-4-2)14-11-8-7-9-12-14/h14H,3-13H2,1-2H3,(H,16,18). The molecule has 0 aromatic rings. The number of rotatable bonds is 7. The van der Waals surface area contributed by atoms with Gasteiger partial charge < -0.3 is 10.2 Å². The van der Waals surface area contributed by atoms with Crippen LogP contribution in [0, 0.1) is 0 Å². The van der Waals surface area contributed by atoms with E-state index < -0.39 is 0 Å². The van der Waals surface area contributed by atoms with E-state index in [1.54, 1.807) is 0 Å². The Balaban J connectivity index is 2.42. The molecule has 0 spiro atoms. The normalized spacial score (nSPS) is 16.6. The minimum Gasteiger partial charge on any atom is -0.338 e. The Morgan fingerprint density at radius 3 is 2.44 bits per heavy atom. The first kappa shape index (κ1) is 15.3. The molecule has 3 nitrogen and oxygen atoms in total. The number of urea groups is 1. The maximum absolute atomic E-state index is 12.1. The van der Waals surface area contributed by atoms with Crippen LogP contribution in [0.2, 0.25) is 0 Å². The first-order chi connectivity index (χ1) is 8.79. The molecule has 0 aromatic heterocycles. The molecule has 3 heteroatoms. The quantitative estimate of drug-likeness (QED) is 0.686. The topological polar surface area (TPSA) is 32.3 Å². The van der Waals surface area contributed by atoms with E-state index in [1.165, 1.54) is 51.4 Å². The summed E-state index contributed by atoms with van der Waals surface area (Å²) in [7, 11) is 0. The van der Waals surface area contributed by atoms with Gasteiger partial charge in [-0.2, -0.15) is 0 Å². The first-order valence-corrected chi connectivity index (χ1v) is 7.84. The van der Waals surface area contributed by atoms with Gasteiger partial charge in [0.25, 0.3) is 0 Å². The molecule has 0 aromatic carbocycles. The molecule has 0 bridgehead atoms. The van der Waals surface area contributed by atoms with E-state index in [2.05, 4.69) is 17.1 Å². The molecular formula is C15H30N2O. The molecule has 106 valence electrons. The number of hydrogen-bond donors (Lipinski definition) is 1. The minimum absolute atomic E-state index is 0.154. The van der Waals surface area contributed by atoms with E-state index in [0.717, 1.165) is 19.5 Å². The Labute approximate surface area is 112 Å². The van der Waals surface area contributed by atoms with Gasteiger partial charge in [-0.25, -0.2) is 4.79 Å². The first-order valence-electron chi connectivity index (χ1n) is 7.84. The van der Waals surface area contributed by atoms with Crippen LogP contribution in [0.15, 0.2) is 0 Å². The number of amides is 2. The van der Waals surface area contributed by atoms with Gasteiger partial charge in [0.2, 0.25) is 0 Å². The Morgan fingerprint density at radius 1 is 1.11 bits per heavy atom. The number of carbonyl (C=O) groups excluding carboxylic acids is 1. The highest BCUT2D eigenvalue weighted by atomic mass is 16.2. The van der Waals surface area contributed by atoms with Crippen LogP contribution in [0.25, 0.3) is 0 Å². The van der Waals surface area contributed by atoms with Gasteiger partial charge in [-0.1, -0.05) is 45.4 Å². The van der Waals surface area contributed by atoms with Crippen LogP contribution >= 0.6 is 0 Å². The van der Waals surface area contributed by atoms with E-state index in [-0.39, 0.29) is 6.03 Å². The van der Waals surface area contributed by atoms with Gasteiger partial charge >= 0.3 is 6.03 Å². The van der Waals surface area contributed by atoms with Gasteiger partial charge in [0, 0.05) is 19.1 Å². The lowest BCUT2D eigenvalue weighted by Gasteiger charge is -2.34. The monoisotopic (exact) mass is 254 g/mol. The van der Waals surface area contributed by atoms with Crippen molar-refractivity contribution < 1.29 is 4.79 Å². The molecule has 18 heavy (non-hydrogen) atoms. The molecule has 0 aliphatic heterocycles. The summed E-state index contributed by atoms with van der Waals surface area (Å²) in [4.78, 5) is 14.2. The fourth-order valence-electron chi connectivity index (χ4n) is 2.80. The summed E-state index contributed by atoms with van der Waals surface area (Å²) in [6, 6.07) is 0.646. The zero-order chi connectivity index (χ0) is 13.2. The van der Waals surface area contributed by atoms with Gasteiger partial charge in [0.05, 0.1) is 0 Å². The molecule has 1 fully saturated rings. The summed E-state index contributed by atoms with van der Waals surface area (Å²) >= 11 is 0. The zero-order valence-corrected chi connectivity index (χ0v) is 12.2. The van der Waals surface area contributed by atoms with Gasteiger partial charge in [-0.3, -0.25) is 0 Å². The van der Waals surface area contributed by atoms with E-state index in [0.29, 0.717) is 6.04 Å². The second-order valence-electron chi connectivity index (χ2n) is 5.38. The lowest BCUT2D eigenvalue weighted by Crippen LogP contribution is -2.47. The van der Waals surface area contributed by atoms with Crippen molar-refractivity contribution in [2.45, 2.75) is 77.7 Å². The van der Waals surface area contributed by atoms with Crippen molar-refractivity contribution in [1.82, 2.24) is 10.2 Å². The number of carbonyl (C=O) groups is 1. The highest BCUT2D eigenvalue weighted by molar-refractivity contribution is 5.74. The molecule has 0 saturated heterocycles. The van der Waals surface area contributed by atoms with E-state index in [9.17, 15) is 4.79 Å². The summed E-state index contributed by atoms with van der Waals surface area (Å²) < 4.78 is 0. The van der Waals surface area contributed by atoms with Gasteiger partial charge in [0.15, 0.2) is 0 Å². The Hall–Kier alpha value is -0.730. The number of unbranched alkanes of at least 4 members (excludes halogenated alkanes) is 3. The van der Waals surface area contributed by atoms with Crippen LogP contribution in [-0.2, 0) is 0 Å². The van der Waals surface area contributed by atoms with E-state index in [1.807, 2.05) is 6.92 Å². The molecule has 0 atom stereocenters. The lowest BCUT2D eigenvalue weighted by molar-refractivity contribution is 0.154. The third-order valence-corrected chi connectivity index (χ3v) is 3.86. The summed E-state index contributed by atoms with van der Waals surface area (Å²) in [5, 5.41) is 2.97. The summed E-state index contributed by atoms with van der Waals surface area (Å²) in [5.74, 6) is 0. The van der Waals surface area contributed by atoms with Gasteiger partial charge in [0.1, 0.15) is 0 Å². The van der Waals surface area contributed by atoms with Crippen molar-refractivity contribution in [2.75, 3.05) is 13.1 Å². The lowest BCUT2D eigenvalue weighted by atomic mass is 9.94. The van der Waals surface area contributed by atoms with Crippen molar-refractivity contribution in [1.29, 1.82) is 0 Å². The number of nitrogens with zero attached hydrogens (tertiary/aromatic N) is 1. The molecule has 1 aliphatic rings. The molecule has 0 heterocycles. The maximum atomic E-state index is 12.1. The van der Waals surface area contributed by atoms with Crippen LogP contribution in [0.4, 0.5) is 4.79 Å². The summed E-state index contributed by atoms with van der Waals surface area (Å²) in [6.07, 6.45) is 11.3. The zero-order valence-electron chi connectivity index (χ0n) is 12.2. The molecular weight excluding hydrogens is 224 g/mol. The maximum Gasteiger partial charge on any atom is 0.317 e. The molecule has 1 N–H and O–H groups in total. The molecule has 1 rings (SSSR count). The summed E-state index contributed by atoms with van der Waals surface area (Å²) in [6.45, 7) is 5.89. The van der Waals surface area contributed by atoms with Crippen LogP contribution in [0.1, 0.15) is 71.6 Å².